The molecule has 2 atom stereocenters. The van der Waals surface area contributed by atoms with Crippen LogP contribution in [0.2, 0.25) is 0 Å². The molecule has 2 aliphatic carbocycles. The van der Waals surface area contributed by atoms with Crippen molar-refractivity contribution in [3.63, 3.8) is 0 Å². The Morgan fingerprint density at radius 2 is 1.51 bits per heavy atom. The van der Waals surface area contributed by atoms with Crippen molar-refractivity contribution in [2.75, 3.05) is 0 Å². The van der Waals surface area contributed by atoms with Crippen LogP contribution in [0.25, 0.3) is 50.2 Å². The molecule has 2 nitrogen and oxygen atoms in total. The largest absolute Gasteiger partial charge is 0.317 e. The molecule has 4 aromatic carbocycles. The zero-order valence-corrected chi connectivity index (χ0v) is 27.4. The van der Waals surface area contributed by atoms with Gasteiger partial charge in [-0.15, -0.1) is 0 Å². The van der Waals surface area contributed by atoms with E-state index in [0.717, 1.165) is 32.1 Å². The number of allylic oxidation sites excluding steroid dienone is 3. The van der Waals surface area contributed by atoms with Gasteiger partial charge in [-0.25, -0.2) is 0 Å². The maximum Gasteiger partial charge on any atom is 0.0541 e. The van der Waals surface area contributed by atoms with Gasteiger partial charge in [-0.1, -0.05) is 107 Å². The lowest BCUT2D eigenvalue weighted by atomic mass is 9.65. The molecule has 2 unspecified atom stereocenters. The Morgan fingerprint density at radius 3 is 2.24 bits per heavy atom. The van der Waals surface area contributed by atoms with Crippen molar-refractivity contribution in [1.82, 2.24) is 9.13 Å². The molecule has 0 bridgehead atoms. The zero-order chi connectivity index (χ0) is 30.9. The Kier molecular flexibility index (Phi) is 6.50. The molecule has 0 spiro atoms. The molecule has 0 saturated carbocycles. The first-order chi connectivity index (χ1) is 21.8. The average molecular weight is 589 g/mol. The summed E-state index contributed by atoms with van der Waals surface area (Å²) in [6, 6.07) is 34.3. The van der Waals surface area contributed by atoms with Crippen LogP contribution in [0.15, 0.2) is 103 Å². The molecule has 226 valence electrons. The van der Waals surface area contributed by atoms with Crippen LogP contribution in [-0.4, -0.2) is 9.13 Å². The monoisotopic (exact) mass is 588 g/mol. The third-order valence-electron chi connectivity index (χ3n) is 11.6. The zero-order valence-electron chi connectivity index (χ0n) is 27.4. The van der Waals surface area contributed by atoms with E-state index in [1.54, 1.807) is 0 Å². The third kappa shape index (κ3) is 4.29. The van der Waals surface area contributed by atoms with Gasteiger partial charge in [0, 0.05) is 44.2 Å². The maximum absolute atomic E-state index is 2.65. The van der Waals surface area contributed by atoms with Gasteiger partial charge >= 0.3 is 0 Å². The summed E-state index contributed by atoms with van der Waals surface area (Å²) < 4.78 is 5.11. The van der Waals surface area contributed by atoms with Crippen LogP contribution in [0, 0.1) is 5.92 Å². The fourth-order valence-corrected chi connectivity index (χ4v) is 8.13. The topological polar surface area (TPSA) is 9.86 Å². The number of benzene rings is 4. The molecular formula is C43H44N2. The van der Waals surface area contributed by atoms with E-state index in [-0.39, 0.29) is 10.8 Å². The minimum Gasteiger partial charge on any atom is -0.317 e. The minimum atomic E-state index is 0.0109. The normalized spacial score (nSPS) is 20.2. The summed E-state index contributed by atoms with van der Waals surface area (Å²) in [7, 11) is 0. The molecule has 6 aromatic rings. The van der Waals surface area contributed by atoms with Crippen LogP contribution in [0.1, 0.15) is 82.7 Å². The maximum atomic E-state index is 2.65. The van der Waals surface area contributed by atoms with E-state index >= 15 is 0 Å². The Morgan fingerprint density at radius 1 is 0.800 bits per heavy atom. The molecule has 0 N–H and O–H groups in total. The highest BCUT2D eigenvalue weighted by molar-refractivity contribution is 6.09. The Hall–Kier alpha value is -4.30. The van der Waals surface area contributed by atoms with Crippen molar-refractivity contribution in [2.24, 2.45) is 5.92 Å². The van der Waals surface area contributed by atoms with E-state index in [1.165, 1.54) is 66.5 Å². The number of hydrogen-bond acceptors (Lipinski definition) is 0. The van der Waals surface area contributed by atoms with Gasteiger partial charge in [0.05, 0.1) is 16.6 Å². The van der Waals surface area contributed by atoms with Crippen molar-refractivity contribution in [3.05, 3.63) is 126 Å². The predicted molar refractivity (Wildman–Crippen MR) is 193 cm³/mol. The highest BCUT2D eigenvalue weighted by Gasteiger charge is 2.38. The molecule has 8 rings (SSSR count). The molecule has 2 aliphatic rings. The minimum absolute atomic E-state index is 0.0109. The van der Waals surface area contributed by atoms with Gasteiger partial charge in [0.15, 0.2) is 0 Å². The van der Waals surface area contributed by atoms with E-state index in [0.29, 0.717) is 5.92 Å². The number of rotatable bonds is 5. The third-order valence-corrected chi connectivity index (χ3v) is 11.6. The molecule has 0 amide bonds. The van der Waals surface area contributed by atoms with Gasteiger partial charge in [0.1, 0.15) is 0 Å². The lowest BCUT2D eigenvalue weighted by molar-refractivity contribution is 0.307. The summed E-state index contributed by atoms with van der Waals surface area (Å²) in [6.45, 7) is 12.0. The number of hydrogen-bond donors (Lipinski definition) is 0. The SMILES string of the molecule is CCC(C)(C)c1ccc2c(c1)c1c(n2C2=CCC(C)C(C)(c3cccc(-n4c5ccccc5c5ccccc54)c3)C2)CCC=C1. The molecule has 0 saturated heterocycles. The summed E-state index contributed by atoms with van der Waals surface area (Å²) in [5.74, 6) is 0.532. The summed E-state index contributed by atoms with van der Waals surface area (Å²) >= 11 is 0. The van der Waals surface area contributed by atoms with Gasteiger partial charge in [-0.3, -0.25) is 0 Å². The van der Waals surface area contributed by atoms with Crippen LogP contribution in [-0.2, 0) is 17.3 Å². The summed E-state index contributed by atoms with van der Waals surface area (Å²) in [6.07, 6.45) is 12.7. The molecule has 2 aromatic heterocycles. The quantitative estimate of drug-likeness (QED) is 0.190. The Bertz CT molecular complexity index is 2110. The van der Waals surface area contributed by atoms with Crippen LogP contribution >= 0.6 is 0 Å². The first kappa shape index (κ1) is 28.2. The molecule has 45 heavy (non-hydrogen) atoms. The van der Waals surface area contributed by atoms with E-state index < -0.39 is 0 Å². The van der Waals surface area contributed by atoms with Crippen molar-refractivity contribution < 1.29 is 0 Å². The number of nitrogens with zero attached hydrogens (tertiary/aromatic N) is 2. The Labute approximate surface area is 267 Å². The highest BCUT2D eigenvalue weighted by atomic mass is 15.0. The fourth-order valence-electron chi connectivity index (χ4n) is 8.13. The second-order valence-electron chi connectivity index (χ2n) is 14.5. The summed E-state index contributed by atoms with van der Waals surface area (Å²) in [5, 5.41) is 4.03. The average Bonchev–Trinajstić information content (AvgIpc) is 3.59. The first-order valence-corrected chi connectivity index (χ1v) is 16.9. The molecule has 0 aliphatic heterocycles. The Balaban J connectivity index is 1.24. The van der Waals surface area contributed by atoms with Crippen LogP contribution in [0.3, 0.4) is 0 Å². The summed E-state index contributed by atoms with van der Waals surface area (Å²) in [4.78, 5) is 0. The van der Waals surface area contributed by atoms with Crippen molar-refractivity contribution in [2.45, 2.75) is 77.6 Å². The fraction of sp³-hybridized carbons (Fsp3) is 0.302. The van der Waals surface area contributed by atoms with Crippen LogP contribution in [0.5, 0.6) is 0 Å². The second-order valence-corrected chi connectivity index (χ2v) is 14.5. The van der Waals surface area contributed by atoms with Crippen LogP contribution < -0.4 is 0 Å². The lowest BCUT2D eigenvalue weighted by Gasteiger charge is -2.41. The lowest BCUT2D eigenvalue weighted by Crippen LogP contribution is -2.34. The smallest absolute Gasteiger partial charge is 0.0541 e. The molecule has 2 heterocycles. The number of aromatic nitrogens is 2. The first-order valence-electron chi connectivity index (χ1n) is 16.9. The standard InChI is InChI=1S/C43H44N2/c1-6-42(3,4)30-23-25-41-37(27-30)36-18-9-12-21-40(36)45(41)33-24-22-29(2)43(5,28-33)31-14-13-15-32(26-31)44-38-19-10-7-16-34(38)35-17-8-11-20-39(35)44/h7-11,13-20,23-27,29H,6,12,21-22,28H2,1-5H3. The summed E-state index contributed by atoms with van der Waals surface area (Å²) in [5.41, 5.74) is 12.6. The van der Waals surface area contributed by atoms with Crippen molar-refractivity contribution >= 4 is 44.5 Å². The molecule has 2 heteroatoms. The number of fused-ring (bicyclic) bond motifs is 6. The van der Waals surface area contributed by atoms with E-state index in [9.17, 15) is 0 Å². The van der Waals surface area contributed by atoms with Gasteiger partial charge in [-0.2, -0.15) is 0 Å². The van der Waals surface area contributed by atoms with Crippen molar-refractivity contribution in [3.8, 4) is 5.69 Å². The van der Waals surface area contributed by atoms with Gasteiger partial charge < -0.3 is 9.13 Å². The highest BCUT2D eigenvalue weighted by Crippen LogP contribution is 2.48. The second kappa shape index (κ2) is 10.4. The van der Waals surface area contributed by atoms with Gasteiger partial charge in [-0.05, 0) is 91.0 Å². The van der Waals surface area contributed by atoms with E-state index in [1.807, 2.05) is 0 Å². The van der Waals surface area contributed by atoms with Gasteiger partial charge in [0.25, 0.3) is 0 Å². The van der Waals surface area contributed by atoms with E-state index in [2.05, 4.69) is 153 Å². The van der Waals surface area contributed by atoms with E-state index in [4.69, 9.17) is 0 Å². The van der Waals surface area contributed by atoms with Gasteiger partial charge in [0.2, 0.25) is 0 Å². The van der Waals surface area contributed by atoms with Crippen molar-refractivity contribution in [1.29, 1.82) is 0 Å². The molecule has 0 radical (unpaired) electrons. The molecular weight excluding hydrogens is 544 g/mol. The molecule has 0 fully saturated rings. The number of para-hydroxylation sites is 2. The van der Waals surface area contributed by atoms with Crippen LogP contribution in [0.4, 0.5) is 0 Å². The predicted octanol–water partition coefficient (Wildman–Crippen LogP) is 11.6.